The molecule has 0 aliphatic heterocycles. The van der Waals surface area contributed by atoms with Crippen molar-refractivity contribution < 1.29 is 14.2 Å². The fourth-order valence-corrected chi connectivity index (χ4v) is 2.99. The van der Waals surface area contributed by atoms with E-state index in [1.54, 1.807) is 6.20 Å². The summed E-state index contributed by atoms with van der Waals surface area (Å²) < 4.78 is 18.4. The third-order valence-electron chi connectivity index (χ3n) is 4.36. The molecule has 1 heterocycles. The van der Waals surface area contributed by atoms with E-state index in [9.17, 15) is 4.79 Å². The Kier molecular flexibility index (Phi) is 7.17. The van der Waals surface area contributed by atoms with Crippen LogP contribution >= 0.6 is 0 Å². The van der Waals surface area contributed by atoms with Gasteiger partial charge in [0.2, 0.25) is 0 Å². The minimum Gasteiger partial charge on any atom is -0.492 e. The molecular weight excluding hydrogens is 356 g/mol. The van der Waals surface area contributed by atoms with Crippen molar-refractivity contribution in [3.05, 3.63) is 70.6 Å². The van der Waals surface area contributed by atoms with Gasteiger partial charge in [-0.05, 0) is 37.6 Å². The SMILES string of the molecule is CCOC(Cc1ccc(OCCn2ncc3ccccc3c2=O)cc1)OCC. The Morgan fingerprint density at radius 1 is 1.00 bits per heavy atom. The van der Waals surface area contributed by atoms with Gasteiger partial charge >= 0.3 is 0 Å². The average molecular weight is 382 g/mol. The molecule has 0 aliphatic carbocycles. The van der Waals surface area contributed by atoms with Crippen molar-refractivity contribution in [3.8, 4) is 5.75 Å². The zero-order valence-electron chi connectivity index (χ0n) is 16.3. The molecule has 3 rings (SSSR count). The smallest absolute Gasteiger partial charge is 0.274 e. The minimum absolute atomic E-state index is 0.102. The molecule has 0 fully saturated rings. The standard InChI is InChI=1S/C22H26N2O4/c1-3-26-21(27-4-2)15-17-9-11-19(12-10-17)28-14-13-24-22(25)20-8-6-5-7-18(20)16-23-24/h5-12,16,21H,3-4,13-15H2,1-2H3. The zero-order chi connectivity index (χ0) is 19.8. The maximum absolute atomic E-state index is 12.4. The summed E-state index contributed by atoms with van der Waals surface area (Å²) in [6.45, 7) is 5.91. The Morgan fingerprint density at radius 2 is 1.71 bits per heavy atom. The first-order valence-corrected chi connectivity index (χ1v) is 9.61. The van der Waals surface area contributed by atoms with Crippen LogP contribution in [0.3, 0.4) is 0 Å². The summed E-state index contributed by atoms with van der Waals surface area (Å²) in [5, 5.41) is 5.73. The fourth-order valence-electron chi connectivity index (χ4n) is 2.99. The van der Waals surface area contributed by atoms with E-state index < -0.39 is 0 Å². The quantitative estimate of drug-likeness (QED) is 0.503. The molecule has 0 aliphatic rings. The van der Waals surface area contributed by atoms with Crippen molar-refractivity contribution in [2.75, 3.05) is 19.8 Å². The molecule has 1 aromatic heterocycles. The van der Waals surface area contributed by atoms with E-state index in [1.807, 2.05) is 62.4 Å². The van der Waals surface area contributed by atoms with Crippen LogP contribution in [0.4, 0.5) is 0 Å². The lowest BCUT2D eigenvalue weighted by molar-refractivity contribution is -0.134. The van der Waals surface area contributed by atoms with Crippen molar-refractivity contribution in [1.82, 2.24) is 9.78 Å². The van der Waals surface area contributed by atoms with Crippen LogP contribution in [-0.4, -0.2) is 35.9 Å². The summed E-state index contributed by atoms with van der Waals surface area (Å²) in [6.07, 6.45) is 2.17. The zero-order valence-corrected chi connectivity index (χ0v) is 16.3. The monoisotopic (exact) mass is 382 g/mol. The summed E-state index contributed by atoms with van der Waals surface area (Å²) >= 11 is 0. The first-order valence-electron chi connectivity index (χ1n) is 9.61. The van der Waals surface area contributed by atoms with E-state index in [0.29, 0.717) is 38.2 Å². The lowest BCUT2D eigenvalue weighted by atomic mass is 10.1. The van der Waals surface area contributed by atoms with Gasteiger partial charge in [-0.3, -0.25) is 4.79 Å². The summed E-state index contributed by atoms with van der Waals surface area (Å²) in [4.78, 5) is 12.4. The molecule has 148 valence electrons. The molecule has 0 amide bonds. The molecule has 6 nitrogen and oxygen atoms in total. The predicted octanol–water partition coefficient (Wildman–Crippen LogP) is 3.42. The number of fused-ring (bicyclic) bond motifs is 1. The number of aromatic nitrogens is 2. The highest BCUT2D eigenvalue weighted by Gasteiger charge is 2.09. The molecule has 0 saturated carbocycles. The van der Waals surface area contributed by atoms with Crippen LogP contribution in [-0.2, 0) is 22.4 Å². The molecule has 0 bridgehead atoms. The molecule has 2 aromatic carbocycles. The second kappa shape index (κ2) is 10.0. The summed E-state index contributed by atoms with van der Waals surface area (Å²) in [7, 11) is 0. The molecule has 0 spiro atoms. The molecule has 3 aromatic rings. The van der Waals surface area contributed by atoms with Crippen molar-refractivity contribution in [1.29, 1.82) is 0 Å². The molecular formula is C22H26N2O4. The van der Waals surface area contributed by atoms with Gasteiger partial charge in [0, 0.05) is 25.0 Å². The number of ether oxygens (including phenoxy) is 3. The average Bonchev–Trinajstić information content (AvgIpc) is 2.71. The van der Waals surface area contributed by atoms with Crippen LogP contribution in [0.25, 0.3) is 10.8 Å². The van der Waals surface area contributed by atoms with Crippen molar-refractivity contribution in [3.63, 3.8) is 0 Å². The van der Waals surface area contributed by atoms with E-state index in [1.165, 1.54) is 4.68 Å². The number of benzene rings is 2. The van der Waals surface area contributed by atoms with Crippen molar-refractivity contribution in [2.24, 2.45) is 0 Å². The Morgan fingerprint density at radius 3 is 2.43 bits per heavy atom. The van der Waals surface area contributed by atoms with E-state index in [2.05, 4.69) is 5.10 Å². The highest BCUT2D eigenvalue weighted by molar-refractivity contribution is 5.80. The Hall–Kier alpha value is -2.70. The number of nitrogens with zero attached hydrogens (tertiary/aromatic N) is 2. The molecule has 28 heavy (non-hydrogen) atoms. The van der Waals surface area contributed by atoms with E-state index in [-0.39, 0.29) is 11.8 Å². The maximum Gasteiger partial charge on any atom is 0.274 e. The molecule has 0 radical (unpaired) electrons. The van der Waals surface area contributed by atoms with Gasteiger partial charge < -0.3 is 14.2 Å². The highest BCUT2D eigenvalue weighted by atomic mass is 16.7. The van der Waals surface area contributed by atoms with Crippen LogP contribution in [0, 0.1) is 0 Å². The maximum atomic E-state index is 12.4. The van der Waals surface area contributed by atoms with Crippen LogP contribution < -0.4 is 10.3 Å². The lowest BCUT2D eigenvalue weighted by Gasteiger charge is -2.17. The van der Waals surface area contributed by atoms with Crippen LogP contribution in [0.1, 0.15) is 19.4 Å². The fraction of sp³-hybridized carbons (Fsp3) is 0.364. The van der Waals surface area contributed by atoms with Crippen LogP contribution in [0.2, 0.25) is 0 Å². The third kappa shape index (κ3) is 5.18. The summed E-state index contributed by atoms with van der Waals surface area (Å²) in [5.74, 6) is 0.752. The van der Waals surface area contributed by atoms with Gasteiger partial charge in [0.25, 0.3) is 5.56 Å². The number of hydrogen-bond acceptors (Lipinski definition) is 5. The van der Waals surface area contributed by atoms with Gasteiger partial charge in [-0.15, -0.1) is 0 Å². The first kappa shape index (κ1) is 20.0. The lowest BCUT2D eigenvalue weighted by Crippen LogP contribution is -2.25. The Bertz CT molecular complexity index is 931. The predicted molar refractivity (Wildman–Crippen MR) is 109 cm³/mol. The van der Waals surface area contributed by atoms with Gasteiger partial charge in [-0.1, -0.05) is 30.3 Å². The normalized spacial score (nSPS) is 11.2. The second-order valence-electron chi connectivity index (χ2n) is 6.30. The Labute approximate surface area is 164 Å². The van der Waals surface area contributed by atoms with Crippen LogP contribution in [0.15, 0.2) is 59.5 Å². The van der Waals surface area contributed by atoms with Gasteiger partial charge in [-0.2, -0.15) is 5.10 Å². The highest BCUT2D eigenvalue weighted by Crippen LogP contribution is 2.15. The number of rotatable bonds is 10. The third-order valence-corrected chi connectivity index (χ3v) is 4.36. The van der Waals surface area contributed by atoms with Crippen molar-refractivity contribution in [2.45, 2.75) is 33.1 Å². The van der Waals surface area contributed by atoms with Gasteiger partial charge in [0.1, 0.15) is 12.4 Å². The van der Waals surface area contributed by atoms with E-state index >= 15 is 0 Å². The van der Waals surface area contributed by atoms with E-state index in [0.717, 1.165) is 16.7 Å². The summed E-state index contributed by atoms with van der Waals surface area (Å²) in [6, 6.07) is 15.3. The Balaban J connectivity index is 1.55. The van der Waals surface area contributed by atoms with E-state index in [4.69, 9.17) is 14.2 Å². The van der Waals surface area contributed by atoms with Gasteiger partial charge in [-0.25, -0.2) is 4.68 Å². The molecule has 0 N–H and O–H groups in total. The van der Waals surface area contributed by atoms with Crippen LogP contribution in [0.5, 0.6) is 5.75 Å². The molecule has 6 heteroatoms. The topological polar surface area (TPSA) is 62.6 Å². The second-order valence-corrected chi connectivity index (χ2v) is 6.30. The minimum atomic E-state index is -0.229. The molecule has 0 saturated heterocycles. The van der Waals surface area contributed by atoms with Gasteiger partial charge in [0.15, 0.2) is 6.29 Å². The number of hydrogen-bond donors (Lipinski definition) is 0. The van der Waals surface area contributed by atoms with Crippen molar-refractivity contribution >= 4 is 10.8 Å². The first-order chi connectivity index (χ1) is 13.7. The van der Waals surface area contributed by atoms with Gasteiger partial charge in [0.05, 0.1) is 18.1 Å². The summed E-state index contributed by atoms with van der Waals surface area (Å²) in [5.41, 5.74) is 1.02. The largest absolute Gasteiger partial charge is 0.492 e. The molecule has 0 unspecified atom stereocenters. The molecule has 0 atom stereocenters.